The summed E-state index contributed by atoms with van der Waals surface area (Å²) in [6.07, 6.45) is 4.69. The highest BCUT2D eigenvalue weighted by atomic mass is 19.1. The van der Waals surface area contributed by atoms with Gasteiger partial charge in [0.15, 0.2) is 0 Å². The molecule has 2 rings (SSSR count). The van der Waals surface area contributed by atoms with E-state index in [4.69, 9.17) is 5.73 Å². The van der Waals surface area contributed by atoms with Gasteiger partial charge in [0.1, 0.15) is 11.6 Å². The van der Waals surface area contributed by atoms with Crippen LogP contribution in [0.15, 0.2) is 30.5 Å². The molecule has 1 aromatic carbocycles. The van der Waals surface area contributed by atoms with Crippen molar-refractivity contribution in [2.45, 2.75) is 19.3 Å². The smallest absolute Gasteiger partial charge is 0.229 e. The molecule has 0 aliphatic rings. The number of anilines is 3. The summed E-state index contributed by atoms with van der Waals surface area (Å²) in [5.74, 6) is 0.399. The number of benzene rings is 1. The molecule has 1 heterocycles. The van der Waals surface area contributed by atoms with Crippen molar-refractivity contribution >= 4 is 17.5 Å². The summed E-state index contributed by atoms with van der Waals surface area (Å²) in [7, 11) is 4.11. The maximum atomic E-state index is 13.6. The van der Waals surface area contributed by atoms with E-state index in [9.17, 15) is 4.39 Å². The predicted octanol–water partition coefficient (Wildman–Crippen LogP) is 2.83. The molecule has 0 unspecified atom stereocenters. The van der Waals surface area contributed by atoms with Crippen molar-refractivity contribution in [2.75, 3.05) is 31.7 Å². The van der Waals surface area contributed by atoms with Crippen molar-refractivity contribution in [1.82, 2.24) is 14.9 Å². The molecule has 1 aromatic heterocycles. The Hall–Kier alpha value is -2.21. The van der Waals surface area contributed by atoms with Crippen molar-refractivity contribution in [3.05, 3.63) is 41.8 Å². The lowest BCUT2D eigenvalue weighted by Gasteiger charge is -2.10. The number of unbranched alkanes of at least 4 members (excludes halogenated alkanes) is 1. The summed E-state index contributed by atoms with van der Waals surface area (Å²) < 4.78 is 13.6. The lowest BCUT2D eigenvalue weighted by Crippen LogP contribution is -2.13. The second kappa shape index (κ2) is 7.70. The van der Waals surface area contributed by atoms with Crippen molar-refractivity contribution in [3.63, 3.8) is 0 Å². The highest BCUT2D eigenvalue weighted by molar-refractivity contribution is 5.55. The number of hydrogen-bond acceptors (Lipinski definition) is 5. The molecule has 0 bridgehead atoms. The van der Waals surface area contributed by atoms with Crippen LogP contribution in [0.25, 0.3) is 0 Å². The molecule has 3 N–H and O–H groups in total. The Labute approximate surface area is 130 Å². The van der Waals surface area contributed by atoms with Crippen LogP contribution < -0.4 is 11.1 Å². The molecule has 0 saturated carbocycles. The fourth-order valence-electron chi connectivity index (χ4n) is 2.10. The fourth-order valence-corrected chi connectivity index (χ4v) is 2.10. The molecule has 0 amide bonds. The van der Waals surface area contributed by atoms with Crippen LogP contribution in [0, 0.1) is 5.82 Å². The first-order valence-electron chi connectivity index (χ1n) is 7.34. The topological polar surface area (TPSA) is 67.1 Å². The van der Waals surface area contributed by atoms with E-state index in [0.717, 1.165) is 31.4 Å². The average Bonchev–Trinajstić information content (AvgIpc) is 2.47. The van der Waals surface area contributed by atoms with Crippen LogP contribution in [0.1, 0.15) is 18.4 Å². The van der Waals surface area contributed by atoms with E-state index >= 15 is 0 Å². The SMILES string of the molecule is CN(C)CCCCc1cnc(Nc2ccccc2F)nc1N. The molecular weight excluding hydrogens is 281 g/mol. The third-order valence-electron chi connectivity index (χ3n) is 3.32. The molecule has 2 aromatic rings. The van der Waals surface area contributed by atoms with Gasteiger partial charge in [-0.1, -0.05) is 12.1 Å². The Morgan fingerprint density at radius 3 is 2.68 bits per heavy atom. The zero-order chi connectivity index (χ0) is 15.9. The molecular formula is C16H22FN5. The summed E-state index contributed by atoms with van der Waals surface area (Å²) >= 11 is 0. The number of rotatable bonds is 7. The largest absolute Gasteiger partial charge is 0.383 e. The molecule has 22 heavy (non-hydrogen) atoms. The normalized spacial score (nSPS) is 10.9. The molecule has 0 fully saturated rings. The van der Waals surface area contributed by atoms with Gasteiger partial charge in [-0.2, -0.15) is 4.98 Å². The lowest BCUT2D eigenvalue weighted by molar-refractivity contribution is 0.394. The number of aryl methyl sites for hydroxylation is 1. The van der Waals surface area contributed by atoms with Crippen LogP contribution in [-0.4, -0.2) is 35.5 Å². The van der Waals surface area contributed by atoms with E-state index in [1.807, 2.05) is 0 Å². The monoisotopic (exact) mass is 303 g/mol. The second-order valence-electron chi connectivity index (χ2n) is 5.47. The molecule has 5 nitrogen and oxygen atoms in total. The van der Waals surface area contributed by atoms with E-state index in [-0.39, 0.29) is 5.82 Å². The highest BCUT2D eigenvalue weighted by Gasteiger charge is 2.07. The molecule has 6 heteroatoms. The highest BCUT2D eigenvalue weighted by Crippen LogP contribution is 2.19. The Morgan fingerprint density at radius 2 is 2.00 bits per heavy atom. The number of nitrogens with two attached hydrogens (primary N) is 1. The van der Waals surface area contributed by atoms with Gasteiger partial charge in [-0.3, -0.25) is 0 Å². The first-order chi connectivity index (χ1) is 10.6. The summed E-state index contributed by atoms with van der Waals surface area (Å²) in [5.41, 5.74) is 7.22. The summed E-state index contributed by atoms with van der Waals surface area (Å²) in [5, 5.41) is 2.84. The zero-order valence-electron chi connectivity index (χ0n) is 13.0. The second-order valence-corrected chi connectivity index (χ2v) is 5.47. The molecule has 0 atom stereocenters. The summed E-state index contributed by atoms with van der Waals surface area (Å²) in [4.78, 5) is 10.6. The molecule has 0 spiro atoms. The molecule has 0 aliphatic carbocycles. The van der Waals surface area contributed by atoms with Crippen LogP contribution >= 0.6 is 0 Å². The maximum absolute atomic E-state index is 13.6. The first kappa shape index (κ1) is 16.2. The van der Waals surface area contributed by atoms with Gasteiger partial charge in [-0.15, -0.1) is 0 Å². The van der Waals surface area contributed by atoms with Gasteiger partial charge in [-0.05, 0) is 52.0 Å². The lowest BCUT2D eigenvalue weighted by atomic mass is 10.1. The third kappa shape index (κ3) is 4.66. The van der Waals surface area contributed by atoms with Crippen LogP contribution in [-0.2, 0) is 6.42 Å². The van der Waals surface area contributed by atoms with Crippen molar-refractivity contribution < 1.29 is 4.39 Å². The predicted molar refractivity (Wildman–Crippen MR) is 87.6 cm³/mol. The molecule has 0 saturated heterocycles. The summed E-state index contributed by atoms with van der Waals surface area (Å²) in [6, 6.07) is 6.38. The zero-order valence-corrected chi connectivity index (χ0v) is 13.0. The quantitative estimate of drug-likeness (QED) is 0.770. The Morgan fingerprint density at radius 1 is 1.23 bits per heavy atom. The van der Waals surface area contributed by atoms with Crippen LogP contribution in [0.2, 0.25) is 0 Å². The van der Waals surface area contributed by atoms with Crippen molar-refractivity contribution in [1.29, 1.82) is 0 Å². The Kier molecular flexibility index (Phi) is 5.66. The summed E-state index contributed by atoms with van der Waals surface area (Å²) in [6.45, 7) is 1.05. The molecule has 0 radical (unpaired) electrons. The number of hydrogen-bond donors (Lipinski definition) is 2. The van der Waals surface area contributed by atoms with Gasteiger partial charge in [0, 0.05) is 11.8 Å². The molecule has 118 valence electrons. The van der Waals surface area contributed by atoms with Crippen LogP contribution in [0.4, 0.5) is 21.8 Å². The van der Waals surface area contributed by atoms with Gasteiger partial charge >= 0.3 is 0 Å². The van der Waals surface area contributed by atoms with Crippen molar-refractivity contribution in [2.24, 2.45) is 0 Å². The number of halogens is 1. The van der Waals surface area contributed by atoms with E-state index in [2.05, 4.69) is 34.3 Å². The number of nitrogens with one attached hydrogen (secondary N) is 1. The van der Waals surface area contributed by atoms with Gasteiger partial charge in [0.25, 0.3) is 0 Å². The number of aromatic nitrogens is 2. The fraction of sp³-hybridized carbons (Fsp3) is 0.375. The van der Waals surface area contributed by atoms with E-state index in [1.54, 1.807) is 24.4 Å². The van der Waals surface area contributed by atoms with E-state index in [0.29, 0.717) is 17.5 Å². The van der Waals surface area contributed by atoms with Crippen LogP contribution in [0.5, 0.6) is 0 Å². The molecule has 0 aliphatic heterocycles. The van der Waals surface area contributed by atoms with Crippen molar-refractivity contribution in [3.8, 4) is 0 Å². The maximum Gasteiger partial charge on any atom is 0.229 e. The van der Waals surface area contributed by atoms with E-state index in [1.165, 1.54) is 6.07 Å². The minimum absolute atomic E-state index is 0.305. The Bertz CT molecular complexity index is 615. The van der Waals surface area contributed by atoms with E-state index < -0.39 is 0 Å². The minimum atomic E-state index is -0.350. The van der Waals surface area contributed by atoms with Gasteiger partial charge in [0.05, 0.1) is 5.69 Å². The third-order valence-corrected chi connectivity index (χ3v) is 3.32. The first-order valence-corrected chi connectivity index (χ1v) is 7.34. The minimum Gasteiger partial charge on any atom is -0.383 e. The van der Waals surface area contributed by atoms with Gasteiger partial charge < -0.3 is 16.0 Å². The standard InChI is InChI=1S/C16H22FN5/c1-22(2)10-6-5-7-12-11-19-16(21-15(12)18)20-14-9-4-3-8-13(14)17/h3-4,8-9,11H,5-7,10H2,1-2H3,(H3,18,19,20,21). The average molecular weight is 303 g/mol. The van der Waals surface area contributed by atoms with Gasteiger partial charge in [-0.25, -0.2) is 9.37 Å². The Balaban J connectivity index is 1.96. The number of nitrogen functional groups attached to an aromatic ring is 1. The number of nitrogens with zero attached hydrogens (tertiary/aromatic N) is 3. The van der Waals surface area contributed by atoms with Gasteiger partial charge in [0.2, 0.25) is 5.95 Å². The number of para-hydroxylation sites is 1. The van der Waals surface area contributed by atoms with Crippen LogP contribution in [0.3, 0.4) is 0 Å².